The van der Waals surface area contributed by atoms with Crippen LogP contribution in [0.2, 0.25) is 10.2 Å². The smallest absolute Gasteiger partial charge is 0.409 e. The SMILES string of the molecule is COc1c(C)cnc(Cn2cc(C#CCCOC(=O)N(C)CCN(C)C(=O)OCCN3CCN(c4cc(Nc5ncc(C(=O)Nc6c(C)cccc6Cl)s5)nc(C)n4)CC3)c3c(Cl)nc(N)nc32)c1C. The number of halogens is 2. The Kier molecular flexibility index (Phi) is 16.8. The van der Waals surface area contributed by atoms with Crippen LogP contribution in [0.25, 0.3) is 11.0 Å². The van der Waals surface area contributed by atoms with E-state index in [0.29, 0.717) is 75.1 Å². The zero-order valence-corrected chi connectivity index (χ0v) is 42.3. The summed E-state index contributed by atoms with van der Waals surface area (Å²) in [5.74, 6) is 8.56. The van der Waals surface area contributed by atoms with Crippen LogP contribution in [0.4, 0.5) is 38.0 Å². The number of anilines is 5. The highest BCUT2D eigenvalue weighted by Gasteiger charge is 2.22. The molecule has 0 saturated carbocycles. The van der Waals surface area contributed by atoms with E-state index in [9.17, 15) is 14.4 Å². The van der Waals surface area contributed by atoms with Crippen LogP contribution in [-0.2, 0) is 16.0 Å². The van der Waals surface area contributed by atoms with Crippen LogP contribution in [0, 0.1) is 39.5 Å². The Morgan fingerprint density at radius 3 is 2.36 bits per heavy atom. The molecule has 1 aromatic carbocycles. The second kappa shape index (κ2) is 23.1. The fraction of sp³-hybridized carbons (Fsp3) is 0.383. The highest BCUT2D eigenvalue weighted by Crippen LogP contribution is 2.31. The molecule has 368 valence electrons. The zero-order valence-electron chi connectivity index (χ0n) is 39.9. The number of carbonyl (C=O) groups is 3. The summed E-state index contributed by atoms with van der Waals surface area (Å²) >= 11 is 14.0. The molecule has 0 radical (unpaired) electrons. The summed E-state index contributed by atoms with van der Waals surface area (Å²) in [6, 6.07) is 7.29. The number of thiazole rings is 1. The number of hydrogen-bond donors (Lipinski definition) is 3. The first-order valence-corrected chi connectivity index (χ1v) is 23.8. The van der Waals surface area contributed by atoms with E-state index in [1.807, 2.05) is 56.7 Å². The van der Waals surface area contributed by atoms with Crippen molar-refractivity contribution in [2.24, 2.45) is 0 Å². The molecule has 0 bridgehead atoms. The number of nitrogens with two attached hydrogens (primary N) is 1. The number of amides is 3. The number of aryl methyl sites for hydroxylation is 3. The Balaban J connectivity index is 0.803. The monoisotopic (exact) mass is 1010 g/mol. The van der Waals surface area contributed by atoms with Crippen molar-refractivity contribution in [2.45, 2.75) is 40.7 Å². The average Bonchev–Trinajstić information content (AvgIpc) is 3.94. The first kappa shape index (κ1) is 50.9. The van der Waals surface area contributed by atoms with Crippen LogP contribution in [0.5, 0.6) is 5.75 Å². The molecule has 0 atom stereocenters. The first-order chi connectivity index (χ1) is 33.6. The molecule has 0 aliphatic carbocycles. The fourth-order valence-electron chi connectivity index (χ4n) is 7.57. The molecule has 1 fully saturated rings. The lowest BCUT2D eigenvalue weighted by atomic mass is 10.1. The molecule has 0 unspecified atom stereocenters. The number of rotatable bonds is 16. The Hall–Kier alpha value is -6.99. The standard InChI is InChI=1S/C47H54Cl2N14O6S/c1-28-11-10-13-33(48)39(28)56-43(64)35-25-52-45(70-35)55-36-23-37(54-31(4)53-36)62-18-16-61(17-19-62)20-22-69-47(66)60(6)15-14-59(5)46(65)68-21-9-8-12-32-26-63(42-38(32)41(49)57-44(50)58-42)27-34-30(3)40(67-7)29(2)24-51-34/h10-11,13,23-26H,9,14-22,27H2,1-7H3,(H,56,64)(H2,50,57,58)(H,52,53,54,55). The molecule has 1 aliphatic heterocycles. The molecule has 23 heteroatoms. The lowest BCUT2D eigenvalue weighted by Crippen LogP contribution is -2.48. The summed E-state index contributed by atoms with van der Waals surface area (Å²) in [6.07, 6.45) is 4.31. The molecule has 5 aromatic heterocycles. The van der Waals surface area contributed by atoms with Crippen molar-refractivity contribution in [1.82, 2.24) is 49.2 Å². The van der Waals surface area contributed by atoms with E-state index in [-0.39, 0.29) is 49.7 Å². The van der Waals surface area contributed by atoms with Gasteiger partial charge < -0.3 is 49.8 Å². The summed E-state index contributed by atoms with van der Waals surface area (Å²) in [5, 5.41) is 7.79. The van der Waals surface area contributed by atoms with E-state index < -0.39 is 12.2 Å². The highest BCUT2D eigenvalue weighted by atomic mass is 35.5. The zero-order chi connectivity index (χ0) is 50.1. The number of ether oxygens (including phenoxy) is 3. The Bertz CT molecular complexity index is 2930. The third-order valence-corrected chi connectivity index (χ3v) is 12.9. The van der Waals surface area contributed by atoms with E-state index >= 15 is 0 Å². The third kappa shape index (κ3) is 12.6. The second-order valence-electron chi connectivity index (χ2n) is 16.4. The number of likely N-dealkylation sites (N-methyl/N-ethyl adjacent to an activating group) is 2. The number of fused-ring (bicyclic) bond motifs is 1. The van der Waals surface area contributed by atoms with Gasteiger partial charge in [-0.05, 0) is 39.3 Å². The second-order valence-corrected chi connectivity index (χ2v) is 18.2. The van der Waals surface area contributed by atoms with Crippen LogP contribution < -0.4 is 26.0 Å². The van der Waals surface area contributed by atoms with Crippen molar-refractivity contribution in [3.63, 3.8) is 0 Å². The number of methoxy groups -OCH3 is 1. The molecule has 1 saturated heterocycles. The van der Waals surface area contributed by atoms with Gasteiger partial charge in [-0.1, -0.05) is 58.5 Å². The van der Waals surface area contributed by atoms with Gasteiger partial charge in [-0.15, -0.1) is 0 Å². The highest BCUT2D eigenvalue weighted by molar-refractivity contribution is 7.17. The maximum Gasteiger partial charge on any atom is 0.409 e. The number of carbonyl (C=O) groups excluding carboxylic acids is 3. The number of pyridine rings is 1. The number of aromatic nitrogens is 7. The van der Waals surface area contributed by atoms with Gasteiger partial charge in [0.2, 0.25) is 5.95 Å². The van der Waals surface area contributed by atoms with Gasteiger partial charge in [-0.2, -0.15) is 4.98 Å². The normalized spacial score (nSPS) is 12.6. The molecule has 7 rings (SSSR count). The van der Waals surface area contributed by atoms with Crippen molar-refractivity contribution < 1.29 is 28.6 Å². The average molecular weight is 1010 g/mol. The number of piperazine rings is 1. The molecule has 1 aliphatic rings. The van der Waals surface area contributed by atoms with Gasteiger partial charge in [0.05, 0.1) is 47.2 Å². The molecule has 4 N–H and O–H groups in total. The summed E-state index contributed by atoms with van der Waals surface area (Å²) in [7, 11) is 4.84. The molecule has 70 heavy (non-hydrogen) atoms. The van der Waals surface area contributed by atoms with Crippen LogP contribution >= 0.6 is 34.5 Å². The van der Waals surface area contributed by atoms with Crippen molar-refractivity contribution in [1.29, 1.82) is 0 Å². The number of nitrogen functional groups attached to an aromatic ring is 1. The molecule has 20 nitrogen and oxygen atoms in total. The van der Waals surface area contributed by atoms with Gasteiger partial charge in [-0.3, -0.25) is 14.7 Å². The number of nitrogens with one attached hydrogen (secondary N) is 2. The minimum absolute atomic E-state index is 0.0322. The predicted octanol–water partition coefficient (Wildman–Crippen LogP) is 6.95. The summed E-state index contributed by atoms with van der Waals surface area (Å²) in [5.41, 5.74) is 11.1. The fourth-order valence-corrected chi connectivity index (χ4v) is 8.83. The van der Waals surface area contributed by atoms with E-state index in [1.165, 1.54) is 27.3 Å². The number of benzene rings is 1. The van der Waals surface area contributed by atoms with Gasteiger partial charge in [0.25, 0.3) is 5.91 Å². The number of nitrogens with zero attached hydrogens (tertiary/aromatic N) is 11. The third-order valence-electron chi connectivity index (χ3n) is 11.4. The largest absolute Gasteiger partial charge is 0.496 e. The minimum Gasteiger partial charge on any atom is -0.496 e. The molecular weight excluding hydrogens is 960 g/mol. The van der Waals surface area contributed by atoms with Crippen LogP contribution in [-0.4, -0.2) is 147 Å². The Morgan fingerprint density at radius 1 is 0.914 bits per heavy atom. The van der Waals surface area contributed by atoms with Gasteiger partial charge in [-0.25, -0.2) is 29.5 Å². The Morgan fingerprint density at radius 2 is 1.64 bits per heavy atom. The van der Waals surface area contributed by atoms with Crippen LogP contribution in [0.1, 0.15) is 49.9 Å². The van der Waals surface area contributed by atoms with E-state index in [0.717, 1.165) is 47.0 Å². The van der Waals surface area contributed by atoms with Crippen molar-refractivity contribution in [2.75, 3.05) is 101 Å². The lowest BCUT2D eigenvalue weighted by molar-refractivity contribution is 0.0883. The van der Waals surface area contributed by atoms with Gasteiger partial charge in [0, 0.05) is 95.9 Å². The van der Waals surface area contributed by atoms with E-state index in [2.05, 4.69) is 62.2 Å². The molecule has 6 aromatic rings. The van der Waals surface area contributed by atoms with Crippen molar-refractivity contribution >= 4 is 92.1 Å². The molecular formula is C47H54Cl2N14O6S. The molecule has 3 amide bonds. The number of hydrogen-bond acceptors (Lipinski definition) is 17. The van der Waals surface area contributed by atoms with Gasteiger partial charge >= 0.3 is 12.2 Å². The van der Waals surface area contributed by atoms with Gasteiger partial charge in [0.15, 0.2) is 5.13 Å². The molecule has 0 spiro atoms. The quantitative estimate of drug-likeness (QED) is 0.0507. The Labute approximate surface area is 419 Å². The maximum atomic E-state index is 13.0. The van der Waals surface area contributed by atoms with E-state index in [4.69, 9.17) is 43.1 Å². The van der Waals surface area contributed by atoms with Gasteiger partial charge in [0.1, 0.15) is 52.1 Å². The van der Waals surface area contributed by atoms with E-state index in [1.54, 1.807) is 33.5 Å². The van der Waals surface area contributed by atoms with Crippen LogP contribution in [0.3, 0.4) is 0 Å². The van der Waals surface area contributed by atoms with Crippen LogP contribution in [0.15, 0.2) is 42.9 Å². The maximum absolute atomic E-state index is 13.0. The minimum atomic E-state index is -0.549. The number of para-hydroxylation sites is 1. The summed E-state index contributed by atoms with van der Waals surface area (Å²) in [4.78, 5) is 72.9. The van der Waals surface area contributed by atoms with Crippen molar-refractivity contribution in [3.8, 4) is 17.6 Å². The summed E-state index contributed by atoms with van der Waals surface area (Å²) < 4.78 is 18.5. The predicted molar refractivity (Wildman–Crippen MR) is 271 cm³/mol. The lowest BCUT2D eigenvalue weighted by Gasteiger charge is -2.35. The van der Waals surface area contributed by atoms with Crippen molar-refractivity contribution in [3.05, 3.63) is 91.7 Å². The first-order valence-electron chi connectivity index (χ1n) is 22.3. The molecule has 6 heterocycles. The summed E-state index contributed by atoms with van der Waals surface area (Å²) in [6.45, 7) is 12.1. The topological polar surface area (TPSA) is 224 Å².